The van der Waals surface area contributed by atoms with Crippen molar-refractivity contribution in [1.29, 1.82) is 0 Å². The molecule has 33 heavy (non-hydrogen) atoms. The monoisotopic (exact) mass is 469 g/mol. The van der Waals surface area contributed by atoms with Crippen molar-refractivity contribution in [3.63, 3.8) is 0 Å². The number of carbonyl (C=O) groups is 2. The molecule has 0 unspecified atom stereocenters. The summed E-state index contributed by atoms with van der Waals surface area (Å²) in [6.07, 6.45) is -1.92. The Morgan fingerprint density at radius 2 is 1.67 bits per heavy atom. The molecule has 2 amide bonds. The zero-order chi connectivity index (χ0) is 24.2. The molecule has 2 aliphatic heterocycles. The molecule has 0 aromatic heterocycles. The molecule has 1 aromatic rings. The predicted molar refractivity (Wildman–Crippen MR) is 118 cm³/mol. The summed E-state index contributed by atoms with van der Waals surface area (Å²) >= 11 is 0. The highest BCUT2D eigenvalue weighted by Gasteiger charge is 2.32. The van der Waals surface area contributed by atoms with Crippen molar-refractivity contribution in [2.75, 3.05) is 26.2 Å². The van der Waals surface area contributed by atoms with E-state index in [-0.39, 0.29) is 24.0 Å². The van der Waals surface area contributed by atoms with E-state index in [1.54, 1.807) is 11.0 Å². The van der Waals surface area contributed by atoms with E-state index in [1.807, 2.05) is 20.8 Å². The minimum atomic E-state index is -4.34. The molecule has 9 heteroatoms. The zero-order valence-corrected chi connectivity index (χ0v) is 19.6. The van der Waals surface area contributed by atoms with E-state index >= 15 is 0 Å². The molecule has 0 aliphatic carbocycles. The molecule has 2 heterocycles. The van der Waals surface area contributed by atoms with Crippen molar-refractivity contribution in [1.82, 2.24) is 15.1 Å². The van der Waals surface area contributed by atoms with Crippen LogP contribution in [0.25, 0.3) is 0 Å². The number of likely N-dealkylation sites (tertiary alicyclic amines) is 2. The maximum Gasteiger partial charge on any atom is 0.416 e. The summed E-state index contributed by atoms with van der Waals surface area (Å²) in [6.45, 7) is 8.40. The second-order valence-corrected chi connectivity index (χ2v) is 10.00. The predicted octanol–water partition coefficient (Wildman–Crippen LogP) is 4.43. The van der Waals surface area contributed by atoms with Crippen LogP contribution < -0.4 is 5.32 Å². The number of ether oxygens (including phenoxy) is 1. The first kappa shape index (κ1) is 25.3. The average molecular weight is 470 g/mol. The number of piperidine rings is 2. The SMILES string of the molecule is CC(C)(C)OC(=O)N1CCC(C(=O)NC2CCN(Cc3cccc(C(F)(F)F)c3)CC2)CC1. The Morgan fingerprint density at radius 1 is 1.03 bits per heavy atom. The molecular formula is C24H34F3N3O3. The Hall–Kier alpha value is -2.29. The van der Waals surface area contributed by atoms with Crippen LogP contribution in [0.5, 0.6) is 0 Å². The van der Waals surface area contributed by atoms with Crippen LogP contribution in [0.1, 0.15) is 57.6 Å². The Bertz CT molecular complexity index is 822. The van der Waals surface area contributed by atoms with E-state index in [1.165, 1.54) is 12.1 Å². The number of benzene rings is 1. The van der Waals surface area contributed by atoms with E-state index in [2.05, 4.69) is 10.2 Å². The maximum absolute atomic E-state index is 12.9. The molecule has 0 radical (unpaired) electrons. The molecule has 2 fully saturated rings. The Labute approximate surface area is 193 Å². The first-order chi connectivity index (χ1) is 15.4. The number of hydrogen-bond acceptors (Lipinski definition) is 4. The van der Waals surface area contributed by atoms with Gasteiger partial charge in [-0.05, 0) is 58.1 Å². The Kier molecular flexibility index (Phi) is 7.92. The third kappa shape index (κ3) is 7.62. The quantitative estimate of drug-likeness (QED) is 0.709. The molecule has 184 valence electrons. The van der Waals surface area contributed by atoms with Gasteiger partial charge >= 0.3 is 12.3 Å². The molecule has 0 saturated carbocycles. The van der Waals surface area contributed by atoms with Crippen LogP contribution in [0.2, 0.25) is 0 Å². The van der Waals surface area contributed by atoms with Crippen molar-refractivity contribution in [3.05, 3.63) is 35.4 Å². The van der Waals surface area contributed by atoms with Gasteiger partial charge in [0.25, 0.3) is 0 Å². The lowest BCUT2D eigenvalue weighted by atomic mass is 9.95. The van der Waals surface area contributed by atoms with Crippen LogP contribution in [0.15, 0.2) is 24.3 Å². The van der Waals surface area contributed by atoms with E-state index in [0.29, 0.717) is 38.0 Å². The lowest BCUT2D eigenvalue weighted by molar-refractivity contribution is -0.137. The molecular weight excluding hydrogens is 435 g/mol. The summed E-state index contributed by atoms with van der Waals surface area (Å²) < 4.78 is 44.2. The summed E-state index contributed by atoms with van der Waals surface area (Å²) in [5.41, 5.74) is -0.523. The molecule has 3 rings (SSSR count). The first-order valence-corrected chi connectivity index (χ1v) is 11.6. The molecule has 6 nitrogen and oxygen atoms in total. The van der Waals surface area contributed by atoms with Gasteiger partial charge in [-0.25, -0.2) is 4.79 Å². The van der Waals surface area contributed by atoms with Gasteiger partial charge in [-0.1, -0.05) is 18.2 Å². The molecule has 0 bridgehead atoms. The molecule has 1 N–H and O–H groups in total. The van der Waals surface area contributed by atoms with Crippen LogP contribution >= 0.6 is 0 Å². The molecule has 2 aliphatic rings. The van der Waals surface area contributed by atoms with E-state index in [9.17, 15) is 22.8 Å². The maximum atomic E-state index is 12.9. The number of carbonyl (C=O) groups excluding carboxylic acids is 2. The van der Waals surface area contributed by atoms with Gasteiger partial charge in [0.05, 0.1) is 5.56 Å². The highest BCUT2D eigenvalue weighted by molar-refractivity contribution is 5.79. The number of rotatable bonds is 4. The summed E-state index contributed by atoms with van der Waals surface area (Å²) in [5.74, 6) is -0.0954. The van der Waals surface area contributed by atoms with Gasteiger partial charge in [0.2, 0.25) is 5.91 Å². The highest BCUT2D eigenvalue weighted by atomic mass is 19.4. The van der Waals surface area contributed by atoms with Gasteiger partial charge in [-0.3, -0.25) is 9.69 Å². The van der Waals surface area contributed by atoms with Gasteiger partial charge in [-0.15, -0.1) is 0 Å². The Morgan fingerprint density at radius 3 is 2.24 bits per heavy atom. The van der Waals surface area contributed by atoms with Crippen molar-refractivity contribution < 1.29 is 27.5 Å². The first-order valence-electron chi connectivity index (χ1n) is 11.6. The van der Waals surface area contributed by atoms with Gasteiger partial charge in [-0.2, -0.15) is 13.2 Å². The fourth-order valence-electron chi connectivity index (χ4n) is 4.31. The smallest absolute Gasteiger partial charge is 0.416 e. The minimum Gasteiger partial charge on any atom is -0.444 e. The van der Waals surface area contributed by atoms with Crippen LogP contribution in [0.4, 0.5) is 18.0 Å². The largest absolute Gasteiger partial charge is 0.444 e. The number of nitrogens with one attached hydrogen (secondary N) is 1. The normalized spacial score (nSPS) is 19.4. The third-order valence-corrected chi connectivity index (χ3v) is 6.11. The topological polar surface area (TPSA) is 61.9 Å². The summed E-state index contributed by atoms with van der Waals surface area (Å²) in [4.78, 5) is 28.7. The summed E-state index contributed by atoms with van der Waals surface area (Å²) in [7, 11) is 0. The van der Waals surface area contributed by atoms with E-state index in [0.717, 1.165) is 32.0 Å². The van der Waals surface area contributed by atoms with Gasteiger partial charge in [0, 0.05) is 44.7 Å². The van der Waals surface area contributed by atoms with Crippen molar-refractivity contribution in [2.45, 2.75) is 70.8 Å². The van der Waals surface area contributed by atoms with E-state index < -0.39 is 17.3 Å². The molecule has 2 saturated heterocycles. The lowest BCUT2D eigenvalue weighted by Crippen LogP contribution is -2.49. The summed E-state index contributed by atoms with van der Waals surface area (Å²) in [5, 5.41) is 3.14. The van der Waals surface area contributed by atoms with Crippen LogP contribution in [-0.2, 0) is 22.3 Å². The molecule has 1 aromatic carbocycles. The zero-order valence-electron chi connectivity index (χ0n) is 19.6. The van der Waals surface area contributed by atoms with Crippen molar-refractivity contribution >= 4 is 12.0 Å². The fourth-order valence-corrected chi connectivity index (χ4v) is 4.31. The second-order valence-electron chi connectivity index (χ2n) is 10.00. The number of amides is 2. The van der Waals surface area contributed by atoms with Gasteiger partial charge in [0.15, 0.2) is 0 Å². The van der Waals surface area contributed by atoms with Crippen molar-refractivity contribution in [3.8, 4) is 0 Å². The fraction of sp³-hybridized carbons (Fsp3) is 0.667. The highest BCUT2D eigenvalue weighted by Crippen LogP contribution is 2.30. The van der Waals surface area contributed by atoms with Crippen molar-refractivity contribution in [2.24, 2.45) is 5.92 Å². The van der Waals surface area contributed by atoms with E-state index in [4.69, 9.17) is 4.74 Å². The molecule has 0 spiro atoms. The van der Waals surface area contributed by atoms with Gasteiger partial charge < -0.3 is 15.0 Å². The van der Waals surface area contributed by atoms with Gasteiger partial charge in [0.1, 0.15) is 5.60 Å². The summed E-state index contributed by atoms with van der Waals surface area (Å²) in [6, 6.07) is 5.52. The minimum absolute atomic E-state index is 0.0233. The lowest BCUT2D eigenvalue weighted by Gasteiger charge is -2.35. The number of halogens is 3. The number of nitrogens with zero attached hydrogens (tertiary/aromatic N) is 2. The molecule has 0 atom stereocenters. The van der Waals surface area contributed by atoms with Crippen LogP contribution in [-0.4, -0.2) is 59.6 Å². The third-order valence-electron chi connectivity index (χ3n) is 6.11. The van der Waals surface area contributed by atoms with Crippen LogP contribution in [0, 0.1) is 5.92 Å². The Balaban J connectivity index is 1.40. The second kappa shape index (κ2) is 10.3. The average Bonchev–Trinajstić information content (AvgIpc) is 2.73. The number of alkyl halides is 3. The number of hydrogen-bond donors (Lipinski definition) is 1. The van der Waals surface area contributed by atoms with Crippen LogP contribution in [0.3, 0.4) is 0 Å². The standard InChI is InChI=1S/C24H34F3N3O3/c1-23(2,3)33-22(32)30-13-7-18(8-14-30)21(31)28-20-9-11-29(12-10-20)16-17-5-4-6-19(15-17)24(25,26)27/h4-6,15,18,20H,7-14,16H2,1-3H3,(H,28,31).